The molecule has 0 radical (unpaired) electrons. The van der Waals surface area contributed by atoms with Gasteiger partial charge in [-0.1, -0.05) is 24.3 Å². The molecule has 0 bridgehead atoms. The van der Waals surface area contributed by atoms with Gasteiger partial charge in [0.15, 0.2) is 5.96 Å². The van der Waals surface area contributed by atoms with Crippen molar-refractivity contribution < 1.29 is 14.2 Å². The summed E-state index contributed by atoms with van der Waals surface area (Å²) in [5.41, 5.74) is 2.41. The third-order valence-corrected chi connectivity index (χ3v) is 4.38. The van der Waals surface area contributed by atoms with Gasteiger partial charge in [0.25, 0.3) is 0 Å². The number of aliphatic imine (C=N–C) groups is 1. The molecule has 1 heterocycles. The number of nitrogens with one attached hydrogen (secondary N) is 2. The van der Waals surface area contributed by atoms with Crippen molar-refractivity contribution in [3.63, 3.8) is 0 Å². The second-order valence-corrected chi connectivity index (χ2v) is 7.09. The Kier molecular flexibility index (Phi) is 10.2. The van der Waals surface area contributed by atoms with Crippen molar-refractivity contribution in [2.24, 2.45) is 4.99 Å². The molecule has 1 aromatic carbocycles. The molecule has 6 nitrogen and oxygen atoms in total. The Bertz CT molecular complexity index is 540. The normalized spacial score (nSPS) is 17.5. The molecule has 152 valence electrons. The molecule has 27 heavy (non-hydrogen) atoms. The van der Waals surface area contributed by atoms with E-state index in [0.717, 1.165) is 51.5 Å². The predicted molar refractivity (Wildman–Crippen MR) is 109 cm³/mol. The Morgan fingerprint density at radius 1 is 1.22 bits per heavy atom. The second-order valence-electron chi connectivity index (χ2n) is 7.09. The third-order valence-electron chi connectivity index (χ3n) is 4.38. The molecule has 6 heteroatoms. The first-order valence-corrected chi connectivity index (χ1v) is 10.0. The molecule has 1 fully saturated rings. The van der Waals surface area contributed by atoms with Gasteiger partial charge >= 0.3 is 0 Å². The van der Waals surface area contributed by atoms with Crippen LogP contribution in [0.15, 0.2) is 29.3 Å². The van der Waals surface area contributed by atoms with Gasteiger partial charge < -0.3 is 24.8 Å². The Labute approximate surface area is 163 Å². The van der Waals surface area contributed by atoms with Crippen LogP contribution in [-0.2, 0) is 27.4 Å². The van der Waals surface area contributed by atoms with Crippen molar-refractivity contribution in [3.05, 3.63) is 35.4 Å². The Balaban J connectivity index is 1.56. The largest absolute Gasteiger partial charge is 0.379 e. The quantitative estimate of drug-likeness (QED) is 0.353. The van der Waals surface area contributed by atoms with Crippen LogP contribution in [0.4, 0.5) is 0 Å². The highest BCUT2D eigenvalue weighted by atomic mass is 16.5. The molecule has 1 atom stereocenters. The molecular weight excluding hydrogens is 342 g/mol. The predicted octanol–water partition coefficient (Wildman–Crippen LogP) is 2.86. The fraction of sp³-hybridized carbons (Fsp3) is 0.667. The van der Waals surface area contributed by atoms with Crippen LogP contribution < -0.4 is 10.6 Å². The van der Waals surface area contributed by atoms with E-state index in [1.807, 2.05) is 13.8 Å². The molecule has 2 rings (SSSR count). The summed E-state index contributed by atoms with van der Waals surface area (Å²) in [6, 6.07) is 8.47. The van der Waals surface area contributed by atoms with Gasteiger partial charge in [0.1, 0.15) is 0 Å². The Hall–Kier alpha value is -1.63. The smallest absolute Gasteiger partial charge is 0.191 e. The average Bonchev–Trinajstić information content (AvgIpc) is 3.19. The summed E-state index contributed by atoms with van der Waals surface area (Å²) < 4.78 is 16.8. The van der Waals surface area contributed by atoms with Crippen LogP contribution >= 0.6 is 0 Å². The first kappa shape index (κ1) is 21.7. The summed E-state index contributed by atoms with van der Waals surface area (Å²) >= 11 is 0. The van der Waals surface area contributed by atoms with Gasteiger partial charge in [-0.05, 0) is 44.2 Å². The van der Waals surface area contributed by atoms with E-state index in [2.05, 4.69) is 39.9 Å². The summed E-state index contributed by atoms with van der Waals surface area (Å²) in [5.74, 6) is 0.807. The van der Waals surface area contributed by atoms with Crippen molar-refractivity contribution in [2.75, 3.05) is 33.4 Å². The number of hydrogen-bond donors (Lipinski definition) is 2. The number of guanidine groups is 1. The molecule has 1 unspecified atom stereocenters. The molecule has 2 N–H and O–H groups in total. The molecule has 0 spiro atoms. The zero-order valence-electron chi connectivity index (χ0n) is 17.0. The highest BCUT2D eigenvalue weighted by Gasteiger charge is 2.14. The van der Waals surface area contributed by atoms with Gasteiger partial charge in [-0.2, -0.15) is 0 Å². The monoisotopic (exact) mass is 377 g/mol. The van der Waals surface area contributed by atoms with E-state index in [1.54, 1.807) is 7.05 Å². The minimum absolute atomic E-state index is 0.252. The van der Waals surface area contributed by atoms with Gasteiger partial charge in [-0.25, -0.2) is 0 Å². The topological polar surface area (TPSA) is 64.1 Å². The maximum atomic E-state index is 5.67. The van der Waals surface area contributed by atoms with Gasteiger partial charge in [0.2, 0.25) is 0 Å². The fourth-order valence-corrected chi connectivity index (χ4v) is 2.79. The lowest BCUT2D eigenvalue weighted by Gasteiger charge is -2.13. The zero-order chi connectivity index (χ0) is 19.3. The molecule has 1 aliphatic rings. The lowest BCUT2D eigenvalue weighted by Crippen LogP contribution is -2.37. The minimum atomic E-state index is 0.252. The molecule has 0 aliphatic carbocycles. The number of ether oxygens (including phenoxy) is 3. The van der Waals surface area contributed by atoms with Crippen molar-refractivity contribution in [3.8, 4) is 0 Å². The molecule has 0 amide bonds. The molecule has 1 saturated heterocycles. The van der Waals surface area contributed by atoms with Crippen molar-refractivity contribution in [2.45, 2.75) is 58.5 Å². The standard InChI is InChI=1S/C21H35N3O3/c1-17(2)27-15-19-9-7-18(8-10-19)14-24-21(22-3)23-11-5-12-25-16-20-6-4-13-26-20/h7-10,17,20H,4-6,11-16H2,1-3H3,(H2,22,23,24). The third kappa shape index (κ3) is 9.22. The number of benzene rings is 1. The lowest BCUT2D eigenvalue weighted by atomic mass is 10.1. The minimum Gasteiger partial charge on any atom is -0.379 e. The summed E-state index contributed by atoms with van der Waals surface area (Å²) in [5, 5.41) is 6.66. The summed E-state index contributed by atoms with van der Waals surface area (Å²) in [7, 11) is 1.79. The van der Waals surface area contributed by atoms with Crippen LogP contribution in [0.1, 0.15) is 44.2 Å². The van der Waals surface area contributed by atoms with E-state index >= 15 is 0 Å². The fourth-order valence-electron chi connectivity index (χ4n) is 2.79. The van der Waals surface area contributed by atoms with E-state index in [9.17, 15) is 0 Å². The lowest BCUT2D eigenvalue weighted by molar-refractivity contribution is 0.0168. The highest BCUT2D eigenvalue weighted by molar-refractivity contribution is 5.79. The van der Waals surface area contributed by atoms with Crippen LogP contribution in [0.5, 0.6) is 0 Å². The van der Waals surface area contributed by atoms with E-state index < -0.39 is 0 Å². The highest BCUT2D eigenvalue weighted by Crippen LogP contribution is 2.11. The van der Waals surface area contributed by atoms with Crippen molar-refractivity contribution in [1.82, 2.24) is 10.6 Å². The molecule has 0 aromatic heterocycles. The SMILES string of the molecule is CN=C(NCCCOCC1CCCO1)NCc1ccc(COC(C)C)cc1. The second kappa shape index (κ2) is 12.7. The number of nitrogens with zero attached hydrogens (tertiary/aromatic N) is 1. The van der Waals surface area contributed by atoms with E-state index in [1.165, 1.54) is 11.1 Å². The Morgan fingerprint density at radius 3 is 2.67 bits per heavy atom. The maximum absolute atomic E-state index is 5.67. The van der Waals surface area contributed by atoms with Gasteiger partial charge in [0, 0.05) is 33.4 Å². The molecular formula is C21H35N3O3. The van der Waals surface area contributed by atoms with E-state index in [-0.39, 0.29) is 6.10 Å². The first-order chi connectivity index (χ1) is 13.2. The Morgan fingerprint density at radius 2 is 2.00 bits per heavy atom. The van der Waals surface area contributed by atoms with Gasteiger partial charge in [-0.3, -0.25) is 4.99 Å². The zero-order valence-corrected chi connectivity index (χ0v) is 17.0. The van der Waals surface area contributed by atoms with Crippen LogP contribution in [0, 0.1) is 0 Å². The van der Waals surface area contributed by atoms with Crippen LogP contribution in [-0.4, -0.2) is 51.6 Å². The van der Waals surface area contributed by atoms with E-state index in [4.69, 9.17) is 14.2 Å². The van der Waals surface area contributed by atoms with Gasteiger partial charge in [-0.15, -0.1) is 0 Å². The first-order valence-electron chi connectivity index (χ1n) is 10.0. The number of hydrogen-bond acceptors (Lipinski definition) is 4. The molecule has 1 aliphatic heterocycles. The van der Waals surface area contributed by atoms with Crippen LogP contribution in [0.25, 0.3) is 0 Å². The average molecular weight is 378 g/mol. The summed E-state index contributed by atoms with van der Waals surface area (Å²) in [4.78, 5) is 4.26. The summed E-state index contributed by atoms with van der Waals surface area (Å²) in [6.45, 7) is 8.65. The van der Waals surface area contributed by atoms with Crippen LogP contribution in [0.3, 0.4) is 0 Å². The van der Waals surface area contributed by atoms with Crippen LogP contribution in [0.2, 0.25) is 0 Å². The molecule has 0 saturated carbocycles. The van der Waals surface area contributed by atoms with Crippen molar-refractivity contribution >= 4 is 5.96 Å². The van der Waals surface area contributed by atoms with Crippen molar-refractivity contribution in [1.29, 1.82) is 0 Å². The maximum Gasteiger partial charge on any atom is 0.191 e. The number of rotatable bonds is 11. The van der Waals surface area contributed by atoms with Gasteiger partial charge in [0.05, 0.1) is 25.4 Å². The molecule has 1 aromatic rings. The van der Waals surface area contributed by atoms with E-state index in [0.29, 0.717) is 19.3 Å². The summed E-state index contributed by atoms with van der Waals surface area (Å²) in [6.07, 6.45) is 3.78.